The van der Waals surface area contributed by atoms with Gasteiger partial charge in [0, 0.05) is 71.3 Å². The highest BCUT2D eigenvalue weighted by atomic mass is 32.1. The zero-order valence-corrected chi connectivity index (χ0v) is 48.8. The SMILES string of the molecule is COC(=O)Cc1cc(C)n(CC(=O)N2CCC(c3nc(-c4ccc5c(c4)C(C)(C)CCC5(C)C)cs3)CC2)n1.Cc1cc(CC(=O)O)nn1CC(=O)N1CCC(c2nc(-c3ccc4c(c3)C(C)(C)CCC4(C)C)cs2)CC1. The number of piperidine rings is 2. The minimum Gasteiger partial charge on any atom is -0.481 e. The standard InChI is InChI=1S/C31H40N4O3S.C30H38N4O3S/c1-20-15-23(17-28(37)38-6)33-35(20)18-27(36)34-13-9-21(10-14-34)29-32-26(19-39-29)22-7-8-24-25(16-22)31(4,5)12-11-30(24,2)3;1-19-14-22(16-27(36)37)32-34(19)17-26(35)33-12-8-20(9-13-33)28-31-25(18-38-28)21-6-7-23-24(15-21)30(4,5)11-10-29(23,2)3/h7-8,15-16,19,21H,9-14,17-18H2,1-6H3;6-7,14-15,18,20H,8-13,16-17H2,1-5H3,(H,36,37). The fourth-order valence-electron chi connectivity index (χ4n) is 11.9. The molecule has 0 spiro atoms. The number of benzene rings is 2. The van der Waals surface area contributed by atoms with Gasteiger partial charge in [-0.05, 0) is 133 Å². The summed E-state index contributed by atoms with van der Waals surface area (Å²) in [7, 11) is 1.36. The normalized spacial score (nSPS) is 18.7. The number of methoxy groups -OCH3 is 1. The first-order chi connectivity index (χ1) is 36.4. The fraction of sp³-hybridized carbons (Fsp3) is 0.541. The first-order valence-electron chi connectivity index (χ1n) is 27.5. The molecular formula is C61H78N8O6S2. The summed E-state index contributed by atoms with van der Waals surface area (Å²) in [5.41, 5.74) is 13.9. The molecule has 2 aliphatic carbocycles. The number of esters is 1. The van der Waals surface area contributed by atoms with Gasteiger partial charge in [-0.2, -0.15) is 10.2 Å². The molecule has 2 fully saturated rings. The number of carbonyl (C=O) groups excluding carboxylic acids is 3. The lowest BCUT2D eigenvalue weighted by atomic mass is 9.63. The summed E-state index contributed by atoms with van der Waals surface area (Å²) in [6.07, 6.45) is 8.41. The van der Waals surface area contributed by atoms with Crippen LogP contribution in [0.25, 0.3) is 22.5 Å². The Kier molecular flexibility index (Phi) is 15.9. The Bertz CT molecular complexity index is 3160. The minimum atomic E-state index is -0.923. The van der Waals surface area contributed by atoms with Crippen molar-refractivity contribution in [2.45, 2.75) is 180 Å². The molecular weight excluding hydrogens is 1000 g/mol. The highest BCUT2D eigenvalue weighted by Crippen LogP contribution is 2.49. The van der Waals surface area contributed by atoms with Crippen LogP contribution >= 0.6 is 22.7 Å². The monoisotopic (exact) mass is 1080 g/mol. The molecule has 0 atom stereocenters. The van der Waals surface area contributed by atoms with Crippen molar-refractivity contribution in [3.63, 3.8) is 0 Å². The highest BCUT2D eigenvalue weighted by Gasteiger charge is 2.39. The molecule has 6 aromatic rings. The van der Waals surface area contributed by atoms with Crippen LogP contribution in [-0.2, 0) is 71.5 Å². The third kappa shape index (κ3) is 12.3. The number of nitrogens with zero attached hydrogens (tertiary/aromatic N) is 8. The van der Waals surface area contributed by atoms with Crippen molar-refractivity contribution in [3.05, 3.63) is 114 Å². The van der Waals surface area contributed by atoms with E-state index in [2.05, 4.69) is 113 Å². The van der Waals surface area contributed by atoms with Gasteiger partial charge in [0.15, 0.2) is 0 Å². The number of aryl methyl sites for hydroxylation is 2. The van der Waals surface area contributed by atoms with Gasteiger partial charge in [0.25, 0.3) is 0 Å². The lowest BCUT2D eigenvalue weighted by Gasteiger charge is -2.42. The second-order valence-electron chi connectivity index (χ2n) is 24.7. The predicted octanol–water partition coefficient (Wildman–Crippen LogP) is 11.5. The average molecular weight is 1080 g/mol. The van der Waals surface area contributed by atoms with Gasteiger partial charge >= 0.3 is 11.9 Å². The van der Waals surface area contributed by atoms with E-state index in [4.69, 9.17) is 19.8 Å². The van der Waals surface area contributed by atoms with E-state index in [9.17, 15) is 19.2 Å². The number of amides is 2. The number of aliphatic carboxylic acids is 1. The van der Waals surface area contributed by atoms with Crippen LogP contribution in [0, 0.1) is 13.8 Å². The molecule has 77 heavy (non-hydrogen) atoms. The molecule has 2 saturated heterocycles. The van der Waals surface area contributed by atoms with Crippen molar-refractivity contribution in [1.82, 2.24) is 39.3 Å². The van der Waals surface area contributed by atoms with E-state index in [0.717, 1.165) is 66.6 Å². The molecule has 1 N–H and O–H groups in total. The molecule has 2 aromatic carbocycles. The summed E-state index contributed by atoms with van der Waals surface area (Å²) in [6, 6.07) is 17.4. The summed E-state index contributed by atoms with van der Waals surface area (Å²) < 4.78 is 8.02. The van der Waals surface area contributed by atoms with E-state index in [-0.39, 0.29) is 65.4 Å². The molecule has 10 rings (SSSR count). The van der Waals surface area contributed by atoms with Crippen molar-refractivity contribution in [1.29, 1.82) is 0 Å². The molecule has 14 nitrogen and oxygen atoms in total. The summed E-state index contributed by atoms with van der Waals surface area (Å²) in [5, 5.41) is 24.4. The number of carbonyl (C=O) groups is 4. The zero-order chi connectivity index (χ0) is 55.2. The smallest absolute Gasteiger partial charge is 0.311 e. The number of carboxylic acid groups (broad SMARTS) is 1. The summed E-state index contributed by atoms with van der Waals surface area (Å²) >= 11 is 3.48. The molecule has 16 heteroatoms. The number of carboxylic acids is 1. The van der Waals surface area contributed by atoms with Crippen LogP contribution in [0.4, 0.5) is 0 Å². The topological polar surface area (TPSA) is 166 Å². The molecule has 4 aromatic heterocycles. The Morgan fingerprint density at radius 2 is 0.948 bits per heavy atom. The van der Waals surface area contributed by atoms with Crippen LogP contribution in [0.5, 0.6) is 0 Å². The second kappa shape index (κ2) is 22.0. The maximum atomic E-state index is 13.0. The third-order valence-electron chi connectivity index (χ3n) is 17.3. The molecule has 0 unspecified atom stereocenters. The van der Waals surface area contributed by atoms with Crippen LogP contribution in [0.15, 0.2) is 59.3 Å². The Labute approximate surface area is 462 Å². The van der Waals surface area contributed by atoms with Crippen molar-refractivity contribution in [3.8, 4) is 22.5 Å². The highest BCUT2D eigenvalue weighted by molar-refractivity contribution is 7.10. The van der Waals surface area contributed by atoms with E-state index in [1.807, 2.05) is 29.7 Å². The third-order valence-corrected chi connectivity index (χ3v) is 19.3. The molecule has 4 aliphatic rings. The largest absolute Gasteiger partial charge is 0.481 e. The predicted molar refractivity (Wildman–Crippen MR) is 304 cm³/mol. The maximum Gasteiger partial charge on any atom is 0.311 e. The van der Waals surface area contributed by atoms with Crippen LogP contribution in [0.2, 0.25) is 0 Å². The molecule has 2 aliphatic heterocycles. The first kappa shape index (κ1) is 55.7. The van der Waals surface area contributed by atoms with E-state index in [1.54, 1.807) is 38.1 Å². The number of hydrogen-bond acceptors (Lipinski definition) is 11. The van der Waals surface area contributed by atoms with Crippen LogP contribution in [0.3, 0.4) is 0 Å². The number of hydrogen-bond donors (Lipinski definition) is 1. The van der Waals surface area contributed by atoms with Gasteiger partial charge in [0.2, 0.25) is 11.8 Å². The Balaban J connectivity index is 0.000000188. The molecule has 0 bridgehead atoms. The van der Waals surface area contributed by atoms with Gasteiger partial charge in [-0.25, -0.2) is 9.97 Å². The minimum absolute atomic E-state index is 0.0240. The number of fused-ring (bicyclic) bond motifs is 2. The van der Waals surface area contributed by atoms with Gasteiger partial charge in [0.1, 0.15) is 13.1 Å². The maximum absolute atomic E-state index is 13.0. The van der Waals surface area contributed by atoms with Gasteiger partial charge < -0.3 is 19.6 Å². The summed E-state index contributed by atoms with van der Waals surface area (Å²) in [4.78, 5) is 62.5. The molecule has 2 amide bonds. The lowest BCUT2D eigenvalue weighted by molar-refractivity contribution is -0.140. The number of aromatic nitrogens is 6. The Morgan fingerprint density at radius 3 is 1.32 bits per heavy atom. The Morgan fingerprint density at radius 1 is 0.571 bits per heavy atom. The Hall–Kier alpha value is -6.00. The molecule has 0 radical (unpaired) electrons. The number of ether oxygens (including phenoxy) is 1. The number of likely N-dealkylation sites (tertiary alicyclic amines) is 2. The molecule has 6 heterocycles. The van der Waals surface area contributed by atoms with E-state index in [1.165, 1.54) is 71.2 Å². The fourth-order valence-corrected chi connectivity index (χ4v) is 13.9. The second-order valence-corrected chi connectivity index (χ2v) is 26.5. The van der Waals surface area contributed by atoms with Crippen molar-refractivity contribution >= 4 is 46.4 Å². The van der Waals surface area contributed by atoms with Gasteiger partial charge in [-0.1, -0.05) is 79.7 Å². The quantitative estimate of drug-likeness (QED) is 0.117. The van der Waals surface area contributed by atoms with Gasteiger partial charge in [-0.3, -0.25) is 28.5 Å². The summed E-state index contributed by atoms with van der Waals surface area (Å²) in [5.74, 6) is -0.441. The zero-order valence-electron chi connectivity index (χ0n) is 47.1. The molecule has 0 saturated carbocycles. The van der Waals surface area contributed by atoms with E-state index >= 15 is 0 Å². The van der Waals surface area contributed by atoms with Crippen LogP contribution in [-0.4, -0.2) is 101 Å². The number of rotatable bonds is 12. The van der Waals surface area contributed by atoms with Crippen molar-refractivity contribution < 1.29 is 29.0 Å². The van der Waals surface area contributed by atoms with Crippen LogP contribution in [0.1, 0.15) is 174 Å². The van der Waals surface area contributed by atoms with Gasteiger partial charge in [0.05, 0.1) is 52.7 Å². The van der Waals surface area contributed by atoms with Crippen molar-refractivity contribution in [2.75, 3.05) is 33.3 Å². The lowest BCUT2D eigenvalue weighted by Crippen LogP contribution is -2.40. The first-order valence-corrected chi connectivity index (χ1v) is 29.3. The number of thiazole rings is 2. The van der Waals surface area contributed by atoms with E-state index < -0.39 is 5.97 Å². The van der Waals surface area contributed by atoms with E-state index in [0.29, 0.717) is 36.3 Å². The van der Waals surface area contributed by atoms with Crippen LogP contribution < -0.4 is 0 Å². The molecule has 410 valence electrons. The van der Waals surface area contributed by atoms with Gasteiger partial charge in [-0.15, -0.1) is 22.7 Å². The average Bonchev–Trinajstić information content (AvgIpc) is 4.25. The summed E-state index contributed by atoms with van der Waals surface area (Å²) in [6.45, 7) is 25.8. The van der Waals surface area contributed by atoms with Crippen molar-refractivity contribution in [2.24, 2.45) is 0 Å².